The van der Waals surface area contributed by atoms with Crippen LogP contribution in [-0.4, -0.2) is 21.8 Å². The van der Waals surface area contributed by atoms with Gasteiger partial charge in [-0.3, -0.25) is 9.59 Å². The number of hydrogen-bond donors (Lipinski definition) is 2. The fourth-order valence-corrected chi connectivity index (χ4v) is 3.08. The number of nitrogens with zero attached hydrogens (tertiary/aromatic N) is 2. The molecule has 2 aromatic heterocycles. The van der Waals surface area contributed by atoms with E-state index in [-0.39, 0.29) is 23.7 Å². The molecule has 0 aliphatic carbocycles. The summed E-state index contributed by atoms with van der Waals surface area (Å²) in [5, 5.41) is 3.43. The standard InChI is InChI=1S/C15H11FN4O2S/c16-9-1-2-11-8(5-9)6-10(23-11)7-20-15(22)13-12(14(17)21)18-3-4-19-13/h1-6H,7H2,(H2,17,21)(H,20,22). The van der Waals surface area contributed by atoms with E-state index in [2.05, 4.69) is 15.3 Å². The number of nitrogens with two attached hydrogens (primary N) is 1. The van der Waals surface area contributed by atoms with Crippen LogP contribution in [0.1, 0.15) is 25.9 Å². The number of carbonyl (C=O) groups is 2. The highest BCUT2D eigenvalue weighted by atomic mass is 32.1. The molecule has 0 radical (unpaired) electrons. The van der Waals surface area contributed by atoms with Crippen LogP contribution in [0.2, 0.25) is 0 Å². The van der Waals surface area contributed by atoms with Crippen LogP contribution in [0.15, 0.2) is 36.7 Å². The second-order valence-corrected chi connectivity index (χ2v) is 5.86. The first-order chi connectivity index (χ1) is 11.0. The zero-order chi connectivity index (χ0) is 16.4. The molecule has 1 aromatic carbocycles. The minimum absolute atomic E-state index is 0.118. The van der Waals surface area contributed by atoms with Gasteiger partial charge >= 0.3 is 0 Å². The molecule has 6 nitrogen and oxygen atoms in total. The van der Waals surface area contributed by atoms with E-state index in [1.54, 1.807) is 12.1 Å². The number of fused-ring (bicyclic) bond motifs is 1. The number of nitrogens with one attached hydrogen (secondary N) is 1. The summed E-state index contributed by atoms with van der Waals surface area (Å²) < 4.78 is 14.1. The molecule has 8 heteroatoms. The van der Waals surface area contributed by atoms with Crippen LogP contribution in [0.3, 0.4) is 0 Å². The topological polar surface area (TPSA) is 98.0 Å². The summed E-state index contributed by atoms with van der Waals surface area (Å²) in [7, 11) is 0. The van der Waals surface area contributed by atoms with Gasteiger partial charge in [-0.1, -0.05) is 0 Å². The van der Waals surface area contributed by atoms with Crippen molar-refractivity contribution >= 4 is 33.2 Å². The molecule has 2 amide bonds. The molecule has 3 aromatic rings. The maximum atomic E-state index is 13.2. The van der Waals surface area contributed by atoms with Crippen LogP contribution in [0.4, 0.5) is 4.39 Å². The average Bonchev–Trinajstić information content (AvgIpc) is 2.94. The SMILES string of the molecule is NC(=O)c1nccnc1C(=O)NCc1cc2cc(F)ccc2s1. The van der Waals surface area contributed by atoms with E-state index in [0.717, 1.165) is 15.0 Å². The van der Waals surface area contributed by atoms with E-state index in [1.165, 1.54) is 35.9 Å². The summed E-state index contributed by atoms with van der Waals surface area (Å²) in [6.45, 7) is 0.231. The number of hydrogen-bond acceptors (Lipinski definition) is 5. The summed E-state index contributed by atoms with van der Waals surface area (Å²) in [4.78, 5) is 31.8. The fourth-order valence-electron chi connectivity index (χ4n) is 2.09. The second kappa shape index (κ2) is 6.09. The van der Waals surface area contributed by atoms with Crippen molar-refractivity contribution in [3.8, 4) is 0 Å². The summed E-state index contributed by atoms with van der Waals surface area (Å²) in [5.41, 5.74) is 4.87. The van der Waals surface area contributed by atoms with Gasteiger partial charge in [0.2, 0.25) is 0 Å². The van der Waals surface area contributed by atoms with Crippen molar-refractivity contribution in [1.29, 1.82) is 0 Å². The lowest BCUT2D eigenvalue weighted by atomic mass is 10.2. The predicted octanol–water partition coefficient (Wildman–Crippen LogP) is 1.86. The van der Waals surface area contributed by atoms with Gasteiger partial charge in [0.1, 0.15) is 5.82 Å². The largest absolute Gasteiger partial charge is 0.364 e. The van der Waals surface area contributed by atoms with Crippen LogP contribution >= 0.6 is 11.3 Å². The Balaban J connectivity index is 1.77. The minimum atomic E-state index is -0.819. The quantitative estimate of drug-likeness (QED) is 0.763. The molecule has 3 rings (SSSR count). The van der Waals surface area contributed by atoms with Crippen LogP contribution in [0.25, 0.3) is 10.1 Å². The normalized spacial score (nSPS) is 10.7. The smallest absolute Gasteiger partial charge is 0.272 e. The Bertz CT molecular complexity index is 909. The molecule has 0 saturated heterocycles. The molecule has 0 saturated carbocycles. The van der Waals surface area contributed by atoms with E-state index in [9.17, 15) is 14.0 Å². The minimum Gasteiger partial charge on any atom is -0.364 e. The lowest BCUT2D eigenvalue weighted by Crippen LogP contribution is -2.28. The van der Waals surface area contributed by atoms with E-state index < -0.39 is 11.8 Å². The molecule has 3 N–H and O–H groups in total. The average molecular weight is 330 g/mol. The molecule has 0 bridgehead atoms. The van der Waals surface area contributed by atoms with Gasteiger partial charge < -0.3 is 11.1 Å². The molecule has 0 aliphatic heterocycles. The Kier molecular flexibility index (Phi) is 3.98. The Labute approximate surface area is 134 Å². The summed E-state index contributed by atoms with van der Waals surface area (Å²) in [5.74, 6) is -1.67. The van der Waals surface area contributed by atoms with Crippen molar-refractivity contribution in [2.75, 3.05) is 0 Å². The Morgan fingerprint density at radius 1 is 1.17 bits per heavy atom. The monoisotopic (exact) mass is 330 g/mol. The van der Waals surface area contributed by atoms with E-state index in [1.807, 2.05) is 0 Å². The van der Waals surface area contributed by atoms with Gasteiger partial charge in [-0.25, -0.2) is 14.4 Å². The van der Waals surface area contributed by atoms with Gasteiger partial charge in [0.05, 0.1) is 6.54 Å². The molecule has 0 fully saturated rings. The first-order valence-corrected chi connectivity index (χ1v) is 7.43. The van der Waals surface area contributed by atoms with E-state index in [4.69, 9.17) is 5.73 Å². The van der Waals surface area contributed by atoms with Crippen molar-refractivity contribution in [2.45, 2.75) is 6.54 Å². The highest BCUT2D eigenvalue weighted by Gasteiger charge is 2.17. The van der Waals surface area contributed by atoms with Crippen LogP contribution < -0.4 is 11.1 Å². The van der Waals surface area contributed by atoms with Crippen molar-refractivity contribution in [1.82, 2.24) is 15.3 Å². The van der Waals surface area contributed by atoms with Gasteiger partial charge in [0.15, 0.2) is 11.4 Å². The second-order valence-electron chi connectivity index (χ2n) is 4.70. The molecule has 0 atom stereocenters. The molecule has 0 unspecified atom stereocenters. The highest BCUT2D eigenvalue weighted by molar-refractivity contribution is 7.19. The number of thiophene rings is 1. The summed E-state index contributed by atoms with van der Waals surface area (Å²) in [6.07, 6.45) is 2.60. The van der Waals surface area contributed by atoms with Gasteiger partial charge in [-0.15, -0.1) is 11.3 Å². The zero-order valence-corrected chi connectivity index (χ0v) is 12.6. The molecular formula is C15H11FN4O2S. The highest BCUT2D eigenvalue weighted by Crippen LogP contribution is 2.26. The molecule has 0 aliphatic rings. The van der Waals surface area contributed by atoms with Crippen LogP contribution in [-0.2, 0) is 6.54 Å². The lowest BCUT2D eigenvalue weighted by molar-refractivity contribution is 0.0926. The Morgan fingerprint density at radius 3 is 2.65 bits per heavy atom. The zero-order valence-electron chi connectivity index (χ0n) is 11.7. The summed E-state index contributed by atoms with van der Waals surface area (Å²) in [6, 6.07) is 6.31. The molecular weight excluding hydrogens is 319 g/mol. The van der Waals surface area contributed by atoms with E-state index in [0.29, 0.717) is 0 Å². The Morgan fingerprint density at radius 2 is 1.91 bits per heavy atom. The number of benzene rings is 1. The predicted molar refractivity (Wildman–Crippen MR) is 83.5 cm³/mol. The molecule has 0 spiro atoms. The van der Waals surface area contributed by atoms with Gasteiger partial charge in [-0.2, -0.15) is 0 Å². The molecule has 116 valence electrons. The third-order valence-electron chi connectivity index (χ3n) is 3.10. The Hall–Kier alpha value is -2.87. The number of primary amides is 1. The van der Waals surface area contributed by atoms with Crippen LogP contribution in [0, 0.1) is 5.82 Å². The molecule has 23 heavy (non-hydrogen) atoms. The first kappa shape index (κ1) is 15.0. The fraction of sp³-hybridized carbons (Fsp3) is 0.0667. The number of carbonyl (C=O) groups excluding carboxylic acids is 2. The number of halogens is 1. The van der Waals surface area contributed by atoms with Gasteiger partial charge in [0, 0.05) is 22.0 Å². The van der Waals surface area contributed by atoms with Crippen molar-refractivity contribution in [2.24, 2.45) is 5.73 Å². The maximum Gasteiger partial charge on any atom is 0.272 e. The van der Waals surface area contributed by atoms with Gasteiger partial charge in [0.25, 0.3) is 11.8 Å². The van der Waals surface area contributed by atoms with Crippen LogP contribution in [0.5, 0.6) is 0 Å². The van der Waals surface area contributed by atoms with E-state index >= 15 is 0 Å². The number of rotatable bonds is 4. The van der Waals surface area contributed by atoms with Crippen molar-refractivity contribution < 1.29 is 14.0 Å². The van der Waals surface area contributed by atoms with Crippen molar-refractivity contribution in [3.05, 3.63) is 58.7 Å². The first-order valence-electron chi connectivity index (χ1n) is 6.61. The van der Waals surface area contributed by atoms with Gasteiger partial charge in [-0.05, 0) is 29.7 Å². The summed E-state index contributed by atoms with van der Waals surface area (Å²) >= 11 is 1.44. The number of amides is 2. The third-order valence-corrected chi connectivity index (χ3v) is 4.22. The molecule has 2 heterocycles. The third kappa shape index (κ3) is 3.16. The lowest BCUT2D eigenvalue weighted by Gasteiger charge is -2.05. The maximum absolute atomic E-state index is 13.2. The van der Waals surface area contributed by atoms with Crippen molar-refractivity contribution in [3.63, 3.8) is 0 Å². The number of aromatic nitrogens is 2.